The van der Waals surface area contributed by atoms with E-state index in [4.69, 9.17) is 9.47 Å². The molecule has 0 fully saturated rings. The number of allylic oxidation sites excluding steroid dienone is 12. The number of carbonyl (C=O) groups is 4. The first-order chi connectivity index (χ1) is 31.1. The smallest absolute Gasteiger partial charge is 0.198 e. The number of rotatable bonds is 7. The number of ether oxygens (including phenoxy) is 2. The third kappa shape index (κ3) is 8.37. The standard InChI is InChI=1S/C58H47NO6/c1-57(2,3)49-34-38(51-53(60)45-16-10-11-17-46(45)54(51)61)32-43(64-49)30-24-36-20-26-41(27-21-36)59(40-14-8-7-9-15-40)42-28-22-37(23-29-42)25-31-44-33-39(35-50(65-44)58(4,5)6)52-55(62)47-18-12-13-19-48(47)56(52)63/h7-35H,1-6H3/b30-24+,31-25+. The normalized spacial score (nSPS) is 16.3. The molecule has 0 saturated carbocycles. The molecule has 0 spiro atoms. The van der Waals surface area contributed by atoms with Gasteiger partial charge in [0.25, 0.3) is 0 Å². The molecule has 0 unspecified atom stereocenters. The molecule has 2 aliphatic heterocycles. The molecule has 0 amide bonds. The average Bonchev–Trinajstić information content (AvgIpc) is 3.71. The lowest BCUT2D eigenvalue weighted by Crippen LogP contribution is -2.16. The van der Waals surface area contributed by atoms with Gasteiger partial charge in [-0.15, -0.1) is 0 Å². The summed E-state index contributed by atoms with van der Waals surface area (Å²) in [6.07, 6.45) is 14.8. The summed E-state index contributed by atoms with van der Waals surface area (Å²) in [7, 11) is 0. The number of anilines is 3. The van der Waals surface area contributed by atoms with Crippen molar-refractivity contribution in [1.82, 2.24) is 0 Å². The molecule has 320 valence electrons. The number of fused-ring (bicyclic) bond motifs is 2. The number of para-hydroxylation sites is 1. The zero-order valence-corrected chi connectivity index (χ0v) is 37.1. The van der Waals surface area contributed by atoms with Crippen LogP contribution >= 0.6 is 0 Å². The van der Waals surface area contributed by atoms with E-state index in [1.54, 1.807) is 60.7 Å². The monoisotopic (exact) mass is 853 g/mol. The first-order valence-electron chi connectivity index (χ1n) is 21.6. The molecule has 0 bridgehead atoms. The maximum atomic E-state index is 13.4. The van der Waals surface area contributed by atoms with Crippen molar-refractivity contribution in [3.63, 3.8) is 0 Å². The second-order valence-corrected chi connectivity index (χ2v) is 18.4. The highest BCUT2D eigenvalue weighted by atomic mass is 16.5. The summed E-state index contributed by atoms with van der Waals surface area (Å²) in [6, 6.07) is 40.4. The predicted molar refractivity (Wildman–Crippen MR) is 257 cm³/mol. The third-order valence-corrected chi connectivity index (χ3v) is 11.6. The third-order valence-electron chi connectivity index (χ3n) is 11.6. The van der Waals surface area contributed by atoms with Crippen LogP contribution in [0.15, 0.2) is 209 Å². The molecule has 2 heterocycles. The molecule has 65 heavy (non-hydrogen) atoms. The largest absolute Gasteiger partial charge is 0.461 e. The fraction of sp³-hybridized carbons (Fsp3) is 0.138. The minimum atomic E-state index is -0.376. The van der Waals surface area contributed by atoms with Gasteiger partial charge >= 0.3 is 0 Å². The Kier molecular flexibility index (Phi) is 10.9. The van der Waals surface area contributed by atoms with Gasteiger partial charge in [-0.2, -0.15) is 0 Å². The van der Waals surface area contributed by atoms with E-state index in [0.717, 1.165) is 28.2 Å². The lowest BCUT2D eigenvalue weighted by molar-refractivity contribution is 0.0971. The number of ketones is 4. The van der Waals surface area contributed by atoms with Crippen molar-refractivity contribution in [1.29, 1.82) is 0 Å². The maximum absolute atomic E-state index is 13.4. The number of carbonyl (C=O) groups excluding carboxylic acids is 4. The SMILES string of the molecule is CC(C)(C)C1=CC(=C2C(=O)c3ccccc3C2=O)C=C(/C=C/c2ccc(N(c3ccccc3)c3ccc(/C=C/C4=CC(=C5C(=O)c6ccccc6C5=O)C=C(C(C)(C)C)O4)cc3)cc2)O1. The Balaban J connectivity index is 0.968. The Morgan fingerprint density at radius 2 is 0.708 bits per heavy atom. The summed E-state index contributed by atoms with van der Waals surface area (Å²) >= 11 is 0. The fourth-order valence-corrected chi connectivity index (χ4v) is 8.11. The number of hydrogen-bond acceptors (Lipinski definition) is 7. The summed E-state index contributed by atoms with van der Waals surface area (Å²) in [4.78, 5) is 56.0. The van der Waals surface area contributed by atoms with Crippen LogP contribution in [-0.2, 0) is 9.47 Å². The molecule has 0 radical (unpaired) electrons. The molecule has 7 nitrogen and oxygen atoms in total. The van der Waals surface area contributed by atoms with Gasteiger partial charge in [0, 0.05) is 50.1 Å². The van der Waals surface area contributed by atoms with Gasteiger partial charge in [-0.05, 0) is 95.1 Å². The van der Waals surface area contributed by atoms with Crippen LogP contribution < -0.4 is 4.90 Å². The molecule has 5 aromatic carbocycles. The molecule has 5 aromatic rings. The Morgan fingerprint density at radius 3 is 1.05 bits per heavy atom. The topological polar surface area (TPSA) is 90.0 Å². The Bertz CT molecular complexity index is 2810. The van der Waals surface area contributed by atoms with E-state index in [0.29, 0.717) is 56.4 Å². The minimum absolute atomic E-state index is 0.162. The number of Topliss-reactive ketones (excluding diaryl/α,β-unsaturated/α-hetero) is 4. The highest BCUT2D eigenvalue weighted by Crippen LogP contribution is 2.40. The lowest BCUT2D eigenvalue weighted by atomic mass is 9.89. The van der Waals surface area contributed by atoms with Crippen LogP contribution in [0.3, 0.4) is 0 Å². The van der Waals surface area contributed by atoms with Crippen molar-refractivity contribution in [2.75, 3.05) is 4.90 Å². The van der Waals surface area contributed by atoms with Crippen molar-refractivity contribution < 1.29 is 28.7 Å². The highest BCUT2D eigenvalue weighted by Gasteiger charge is 2.37. The lowest BCUT2D eigenvalue weighted by Gasteiger charge is -2.27. The van der Waals surface area contributed by atoms with Crippen LogP contribution in [0.1, 0.15) is 94.1 Å². The van der Waals surface area contributed by atoms with Gasteiger partial charge < -0.3 is 14.4 Å². The molecule has 9 rings (SSSR count). The van der Waals surface area contributed by atoms with E-state index in [1.807, 2.05) is 120 Å². The van der Waals surface area contributed by atoms with Gasteiger partial charge in [0.1, 0.15) is 23.0 Å². The van der Waals surface area contributed by atoms with E-state index in [2.05, 4.69) is 41.3 Å². The summed E-state index contributed by atoms with van der Waals surface area (Å²) in [5, 5.41) is 0. The van der Waals surface area contributed by atoms with Crippen LogP contribution in [0.5, 0.6) is 0 Å². The number of benzene rings is 5. The van der Waals surface area contributed by atoms with Crippen LogP contribution in [0.25, 0.3) is 12.2 Å². The predicted octanol–water partition coefficient (Wildman–Crippen LogP) is 13.6. The van der Waals surface area contributed by atoms with Gasteiger partial charge in [-0.1, -0.05) is 145 Å². The van der Waals surface area contributed by atoms with E-state index < -0.39 is 0 Å². The second-order valence-electron chi connectivity index (χ2n) is 18.4. The van der Waals surface area contributed by atoms with Crippen LogP contribution in [0.2, 0.25) is 0 Å². The molecule has 0 N–H and O–H groups in total. The van der Waals surface area contributed by atoms with Gasteiger partial charge in [0.15, 0.2) is 23.1 Å². The average molecular weight is 854 g/mol. The summed E-state index contributed by atoms with van der Waals surface area (Å²) in [5.41, 5.74) is 7.12. The fourth-order valence-electron chi connectivity index (χ4n) is 8.11. The van der Waals surface area contributed by atoms with Gasteiger partial charge in [0.2, 0.25) is 0 Å². The molecule has 4 aliphatic rings. The van der Waals surface area contributed by atoms with Crippen molar-refractivity contribution in [3.05, 3.63) is 243 Å². The molecule has 0 atom stereocenters. The Morgan fingerprint density at radius 1 is 0.385 bits per heavy atom. The second kappa shape index (κ2) is 16.7. The van der Waals surface area contributed by atoms with Crippen LogP contribution in [-0.4, -0.2) is 23.1 Å². The molecular weight excluding hydrogens is 807 g/mol. The van der Waals surface area contributed by atoms with Crippen molar-refractivity contribution >= 4 is 52.3 Å². The van der Waals surface area contributed by atoms with E-state index in [-0.39, 0.29) is 45.1 Å². The molecule has 7 heteroatoms. The summed E-state index contributed by atoms with van der Waals surface area (Å²) in [6.45, 7) is 12.2. The van der Waals surface area contributed by atoms with Gasteiger partial charge in [-0.3, -0.25) is 19.2 Å². The highest BCUT2D eigenvalue weighted by molar-refractivity contribution is 6.41. The Hall–Kier alpha value is -7.90. The van der Waals surface area contributed by atoms with Crippen LogP contribution in [0.4, 0.5) is 17.1 Å². The van der Waals surface area contributed by atoms with Gasteiger partial charge in [0.05, 0.1) is 11.1 Å². The molecule has 2 aliphatic carbocycles. The quantitative estimate of drug-likeness (QED) is 0.119. The minimum Gasteiger partial charge on any atom is -0.461 e. The first kappa shape index (κ1) is 42.4. The maximum Gasteiger partial charge on any atom is 0.198 e. The zero-order chi connectivity index (χ0) is 45.6. The number of hydrogen-bond donors (Lipinski definition) is 0. The Labute approximate surface area is 379 Å². The number of nitrogens with zero attached hydrogens (tertiary/aromatic N) is 1. The molecular formula is C58H47NO6. The van der Waals surface area contributed by atoms with Crippen LogP contribution in [0, 0.1) is 10.8 Å². The van der Waals surface area contributed by atoms with Crippen molar-refractivity contribution in [2.45, 2.75) is 41.5 Å². The van der Waals surface area contributed by atoms with E-state index in [1.165, 1.54) is 0 Å². The zero-order valence-electron chi connectivity index (χ0n) is 37.1. The molecule has 0 saturated heterocycles. The van der Waals surface area contributed by atoms with Crippen molar-refractivity contribution in [2.24, 2.45) is 10.8 Å². The van der Waals surface area contributed by atoms with E-state index in [9.17, 15) is 19.2 Å². The molecule has 0 aromatic heterocycles. The summed E-state index contributed by atoms with van der Waals surface area (Å²) in [5.74, 6) is 1.29. The van der Waals surface area contributed by atoms with Gasteiger partial charge in [-0.25, -0.2) is 0 Å². The first-order valence-corrected chi connectivity index (χ1v) is 21.6. The van der Waals surface area contributed by atoms with Crippen molar-refractivity contribution in [3.8, 4) is 0 Å². The summed E-state index contributed by atoms with van der Waals surface area (Å²) < 4.78 is 12.7. The van der Waals surface area contributed by atoms with E-state index >= 15 is 0 Å².